The number of halogens is 2. The third-order valence-electron chi connectivity index (χ3n) is 7.94. The molecule has 2 aromatic carbocycles. The van der Waals surface area contributed by atoms with E-state index >= 15 is 0 Å². The van der Waals surface area contributed by atoms with Crippen molar-refractivity contribution in [2.75, 3.05) is 36.4 Å². The maximum atomic E-state index is 13.6. The molecule has 34 heavy (non-hydrogen) atoms. The molecule has 1 spiro atoms. The van der Waals surface area contributed by atoms with Gasteiger partial charge in [-0.3, -0.25) is 4.90 Å². The Kier molecular flexibility index (Phi) is 4.58. The van der Waals surface area contributed by atoms with Crippen molar-refractivity contribution in [1.29, 1.82) is 0 Å². The van der Waals surface area contributed by atoms with Gasteiger partial charge in [0.05, 0.1) is 11.2 Å². The van der Waals surface area contributed by atoms with Crippen molar-refractivity contribution in [2.24, 2.45) is 5.41 Å². The Hall–Kier alpha value is -2.84. The molecule has 1 aromatic heterocycles. The summed E-state index contributed by atoms with van der Waals surface area (Å²) in [4.78, 5) is 14.0. The van der Waals surface area contributed by atoms with Crippen LogP contribution in [0.2, 0.25) is 0 Å². The minimum absolute atomic E-state index is 0.0242. The lowest BCUT2D eigenvalue weighted by Crippen LogP contribution is -2.57. The zero-order valence-electron chi connectivity index (χ0n) is 19.0. The summed E-state index contributed by atoms with van der Waals surface area (Å²) >= 11 is 0. The predicted molar refractivity (Wildman–Crippen MR) is 129 cm³/mol. The number of fused-ring (bicyclic) bond motifs is 2. The summed E-state index contributed by atoms with van der Waals surface area (Å²) in [7, 11) is 0. The average molecular weight is 463 g/mol. The minimum atomic E-state index is -2.52. The van der Waals surface area contributed by atoms with Crippen LogP contribution in [-0.4, -0.2) is 47.1 Å². The van der Waals surface area contributed by atoms with Crippen LogP contribution in [0.25, 0.3) is 10.9 Å². The number of hydrogen-bond donors (Lipinski definition) is 2. The summed E-state index contributed by atoms with van der Waals surface area (Å²) in [5, 5.41) is 7.44. The number of anilines is 3. The van der Waals surface area contributed by atoms with Crippen LogP contribution in [0, 0.1) is 5.41 Å². The zero-order chi connectivity index (χ0) is 22.9. The van der Waals surface area contributed by atoms with Gasteiger partial charge in [-0.05, 0) is 61.2 Å². The van der Waals surface area contributed by atoms with Crippen molar-refractivity contribution in [3.63, 3.8) is 0 Å². The third kappa shape index (κ3) is 3.51. The van der Waals surface area contributed by atoms with E-state index in [1.165, 1.54) is 30.0 Å². The van der Waals surface area contributed by atoms with E-state index in [4.69, 9.17) is 4.98 Å². The first-order chi connectivity index (χ1) is 16.6. The number of alkyl halides is 2. The van der Waals surface area contributed by atoms with Gasteiger partial charge >= 0.3 is 0 Å². The van der Waals surface area contributed by atoms with E-state index < -0.39 is 6.43 Å². The van der Waals surface area contributed by atoms with Crippen LogP contribution in [0.15, 0.2) is 36.5 Å². The molecule has 1 aliphatic carbocycles. The Bertz CT molecular complexity index is 1260. The number of aromatic nitrogens is 2. The quantitative estimate of drug-likeness (QED) is 0.579. The second-order valence-corrected chi connectivity index (χ2v) is 10.5. The molecule has 0 bridgehead atoms. The van der Waals surface area contributed by atoms with E-state index in [2.05, 4.69) is 43.6 Å². The van der Waals surface area contributed by atoms with Crippen molar-refractivity contribution in [1.82, 2.24) is 20.2 Å². The highest BCUT2D eigenvalue weighted by molar-refractivity contribution is 5.92. The lowest BCUT2D eigenvalue weighted by molar-refractivity contribution is 0.151. The van der Waals surface area contributed by atoms with Gasteiger partial charge in [0.15, 0.2) is 0 Å². The van der Waals surface area contributed by atoms with Gasteiger partial charge in [-0.15, -0.1) is 0 Å². The topological polar surface area (TPSA) is 56.3 Å². The van der Waals surface area contributed by atoms with E-state index in [9.17, 15) is 8.78 Å². The Balaban J connectivity index is 1.19. The summed E-state index contributed by atoms with van der Waals surface area (Å²) in [6.45, 7) is 5.80. The summed E-state index contributed by atoms with van der Waals surface area (Å²) in [6.07, 6.45) is 2.90. The van der Waals surface area contributed by atoms with Gasteiger partial charge < -0.3 is 15.5 Å². The fourth-order valence-electron chi connectivity index (χ4n) is 5.90. The first-order valence-electron chi connectivity index (χ1n) is 12.2. The first kappa shape index (κ1) is 20.5. The second kappa shape index (κ2) is 7.58. The standard InChI is InChI=1S/C26H28F2N6/c27-24(28)17-7-18-10-30-25(31-20-2-1-16-11-33(21-3-4-21)12-19(16)8-20)32-23(18)22(9-17)34-14-26(15-34)5-6-29-13-26/h1-2,7-10,21,24,29H,3-6,11-15H2,(H,30,31,32). The molecule has 2 saturated heterocycles. The van der Waals surface area contributed by atoms with Crippen molar-refractivity contribution in [3.05, 3.63) is 53.2 Å². The summed E-state index contributed by atoms with van der Waals surface area (Å²) in [5.74, 6) is 0.494. The molecule has 3 aliphatic heterocycles. The van der Waals surface area contributed by atoms with Gasteiger partial charge in [0, 0.05) is 67.0 Å². The van der Waals surface area contributed by atoms with Gasteiger partial charge in [-0.1, -0.05) is 6.07 Å². The number of benzene rings is 2. The number of rotatable bonds is 5. The Morgan fingerprint density at radius 2 is 1.94 bits per heavy atom. The Morgan fingerprint density at radius 3 is 2.71 bits per heavy atom. The molecule has 0 amide bonds. The molecular formula is C26H28F2N6. The lowest BCUT2D eigenvalue weighted by atomic mass is 9.78. The predicted octanol–water partition coefficient (Wildman–Crippen LogP) is 4.59. The van der Waals surface area contributed by atoms with E-state index in [0.717, 1.165) is 68.6 Å². The lowest BCUT2D eigenvalue weighted by Gasteiger charge is -2.49. The van der Waals surface area contributed by atoms with Crippen molar-refractivity contribution >= 4 is 28.2 Å². The number of nitrogens with one attached hydrogen (secondary N) is 2. The molecule has 7 rings (SSSR count). The average Bonchev–Trinajstić information content (AvgIpc) is 3.38. The van der Waals surface area contributed by atoms with Crippen LogP contribution in [0.1, 0.15) is 42.4 Å². The van der Waals surface area contributed by atoms with Crippen molar-refractivity contribution < 1.29 is 8.78 Å². The molecule has 0 atom stereocenters. The molecule has 1 saturated carbocycles. The van der Waals surface area contributed by atoms with E-state index in [-0.39, 0.29) is 11.0 Å². The van der Waals surface area contributed by atoms with Crippen LogP contribution in [0.4, 0.5) is 26.1 Å². The second-order valence-electron chi connectivity index (χ2n) is 10.5. The number of nitrogens with zero attached hydrogens (tertiary/aromatic N) is 4. The van der Waals surface area contributed by atoms with Gasteiger partial charge in [0.25, 0.3) is 6.43 Å². The molecule has 4 heterocycles. The van der Waals surface area contributed by atoms with Crippen molar-refractivity contribution in [2.45, 2.75) is 44.8 Å². The Morgan fingerprint density at radius 1 is 1.09 bits per heavy atom. The van der Waals surface area contributed by atoms with Crippen LogP contribution >= 0.6 is 0 Å². The van der Waals surface area contributed by atoms with Crippen LogP contribution in [-0.2, 0) is 13.1 Å². The van der Waals surface area contributed by atoms with Crippen LogP contribution in [0.5, 0.6) is 0 Å². The van der Waals surface area contributed by atoms with Crippen LogP contribution in [0.3, 0.4) is 0 Å². The fraction of sp³-hybridized carbons (Fsp3) is 0.462. The molecule has 8 heteroatoms. The highest BCUT2D eigenvalue weighted by Crippen LogP contribution is 2.42. The largest absolute Gasteiger partial charge is 0.368 e. The first-order valence-corrected chi connectivity index (χ1v) is 12.2. The molecular weight excluding hydrogens is 434 g/mol. The summed E-state index contributed by atoms with van der Waals surface area (Å²) in [6, 6.07) is 10.3. The molecule has 4 aliphatic rings. The maximum Gasteiger partial charge on any atom is 0.263 e. The zero-order valence-corrected chi connectivity index (χ0v) is 19.0. The molecule has 2 N–H and O–H groups in total. The smallest absolute Gasteiger partial charge is 0.263 e. The molecule has 3 fully saturated rings. The van der Waals surface area contributed by atoms with E-state index in [0.29, 0.717) is 11.3 Å². The highest BCUT2D eigenvalue weighted by atomic mass is 19.3. The molecule has 176 valence electrons. The SMILES string of the molecule is FC(F)c1cc(N2CC3(CCNC3)C2)c2nc(Nc3ccc4c(c3)CN(C3CC3)C4)ncc2c1. The summed E-state index contributed by atoms with van der Waals surface area (Å²) < 4.78 is 27.3. The van der Waals surface area contributed by atoms with Gasteiger partial charge in [0.2, 0.25) is 5.95 Å². The van der Waals surface area contributed by atoms with Gasteiger partial charge in [-0.25, -0.2) is 18.7 Å². The molecule has 0 radical (unpaired) electrons. The fourth-order valence-corrected chi connectivity index (χ4v) is 5.90. The normalized spacial score (nSPS) is 21.4. The van der Waals surface area contributed by atoms with E-state index in [1.807, 2.05) is 0 Å². The molecule has 3 aromatic rings. The highest BCUT2D eigenvalue weighted by Gasteiger charge is 2.45. The monoisotopic (exact) mass is 462 g/mol. The van der Waals surface area contributed by atoms with E-state index in [1.54, 1.807) is 12.3 Å². The Labute approximate surface area is 197 Å². The van der Waals surface area contributed by atoms with Gasteiger partial charge in [-0.2, -0.15) is 0 Å². The van der Waals surface area contributed by atoms with Gasteiger partial charge in [0.1, 0.15) is 0 Å². The maximum absolute atomic E-state index is 13.6. The third-order valence-corrected chi connectivity index (χ3v) is 7.94. The van der Waals surface area contributed by atoms with Crippen molar-refractivity contribution in [3.8, 4) is 0 Å². The number of hydrogen-bond acceptors (Lipinski definition) is 6. The minimum Gasteiger partial charge on any atom is -0.368 e. The molecule has 0 unspecified atom stereocenters. The molecule has 6 nitrogen and oxygen atoms in total. The summed E-state index contributed by atoms with van der Waals surface area (Å²) in [5.41, 5.74) is 5.51. The van der Waals surface area contributed by atoms with Crippen LogP contribution < -0.4 is 15.5 Å².